The number of aryl methyl sites for hydroxylation is 1. The highest BCUT2D eigenvalue weighted by Gasteiger charge is 2.67. The van der Waals surface area contributed by atoms with Crippen molar-refractivity contribution in [2.24, 2.45) is 13.0 Å². The Labute approximate surface area is 369 Å². The molecule has 0 aliphatic heterocycles. The maximum Gasteiger partial charge on any atom is 0.293 e. The van der Waals surface area contributed by atoms with Gasteiger partial charge >= 0.3 is 0 Å². The SMILES string of the molecule is Cn1nc(NS(C)(=O)=O)c2c(Cl)ccc(-n3c([C@H](Cc4cc(F)cc(F)c4)NC(=O)Cn4nc(C(F)F)c5c4C(F)(F)[C@@H]4C[C@H]54)nc4nc(-c5cccc(S(C)(=O)=O)c5)ccc4c3=O)c21. The van der Waals surface area contributed by atoms with E-state index < -0.39 is 97.5 Å². The molecule has 338 valence electrons. The molecule has 15 nitrogen and oxygen atoms in total. The average molecular weight is 960 g/mol. The summed E-state index contributed by atoms with van der Waals surface area (Å²) in [5, 5.41) is 10.5. The van der Waals surface area contributed by atoms with Crippen LogP contribution in [0.5, 0.6) is 0 Å². The van der Waals surface area contributed by atoms with Gasteiger partial charge < -0.3 is 5.32 Å². The van der Waals surface area contributed by atoms with Crippen molar-refractivity contribution in [3.63, 3.8) is 0 Å². The molecule has 1 amide bonds. The largest absolute Gasteiger partial charge is 0.344 e. The number of alkyl halides is 4. The lowest BCUT2D eigenvalue weighted by molar-refractivity contribution is -0.123. The first-order valence-electron chi connectivity index (χ1n) is 19.4. The summed E-state index contributed by atoms with van der Waals surface area (Å²) in [5.41, 5.74) is -2.84. The normalized spacial score (nSPS) is 17.1. The minimum absolute atomic E-state index is 0.0153. The maximum atomic E-state index is 15.6. The number of benzene rings is 3. The molecular formula is C41H32ClF6N9O6S2. The number of rotatable bonds is 12. The van der Waals surface area contributed by atoms with Crippen molar-refractivity contribution in [1.82, 2.24) is 39.4 Å². The molecule has 2 aliphatic carbocycles. The van der Waals surface area contributed by atoms with Gasteiger partial charge in [0.1, 0.15) is 35.4 Å². The zero-order valence-corrected chi connectivity index (χ0v) is 36.2. The van der Waals surface area contributed by atoms with Crippen LogP contribution in [0, 0.1) is 17.6 Å². The number of carbonyl (C=O) groups is 1. The maximum absolute atomic E-state index is 15.6. The van der Waals surface area contributed by atoms with Crippen molar-refractivity contribution in [2.75, 3.05) is 17.2 Å². The fourth-order valence-electron chi connectivity index (χ4n) is 8.51. The van der Waals surface area contributed by atoms with E-state index in [4.69, 9.17) is 16.6 Å². The second-order valence-corrected chi connectivity index (χ2v) is 20.1. The average Bonchev–Trinajstić information content (AvgIpc) is 3.75. The molecule has 2 aliphatic rings. The van der Waals surface area contributed by atoms with E-state index in [1.54, 1.807) is 6.07 Å². The predicted octanol–water partition coefficient (Wildman–Crippen LogP) is 6.48. The number of hydrogen-bond donors (Lipinski definition) is 2. The molecule has 4 heterocycles. The number of fused-ring (bicyclic) bond motifs is 5. The van der Waals surface area contributed by atoms with Gasteiger partial charge in [-0.15, -0.1) is 0 Å². The Morgan fingerprint density at radius 1 is 0.969 bits per heavy atom. The Kier molecular flexibility index (Phi) is 10.4. The van der Waals surface area contributed by atoms with Crippen LogP contribution < -0.4 is 15.6 Å². The lowest BCUT2D eigenvalue weighted by Gasteiger charge is -2.24. The summed E-state index contributed by atoms with van der Waals surface area (Å²) in [6.07, 6.45) is -1.93. The molecule has 0 radical (unpaired) electrons. The van der Waals surface area contributed by atoms with Gasteiger partial charge in [0.25, 0.3) is 17.9 Å². The van der Waals surface area contributed by atoms with E-state index in [0.29, 0.717) is 16.3 Å². The number of amides is 1. The number of pyridine rings is 1. The predicted molar refractivity (Wildman–Crippen MR) is 224 cm³/mol. The highest BCUT2D eigenvalue weighted by Crippen LogP contribution is 2.68. The first kappa shape index (κ1) is 43.9. The van der Waals surface area contributed by atoms with Gasteiger partial charge in [-0.25, -0.2) is 44.4 Å². The van der Waals surface area contributed by atoms with Gasteiger partial charge in [-0.05, 0) is 66.4 Å². The highest BCUT2D eigenvalue weighted by atomic mass is 35.5. The first-order valence-corrected chi connectivity index (χ1v) is 23.5. The van der Waals surface area contributed by atoms with E-state index in [1.807, 2.05) is 0 Å². The molecule has 1 fully saturated rings. The first-order chi connectivity index (χ1) is 30.5. The van der Waals surface area contributed by atoms with Crippen molar-refractivity contribution < 1.29 is 48.0 Å². The Bertz CT molecular complexity index is 3450. The van der Waals surface area contributed by atoms with Crippen LogP contribution in [0.3, 0.4) is 0 Å². The van der Waals surface area contributed by atoms with E-state index in [-0.39, 0.29) is 72.4 Å². The molecule has 7 aromatic rings. The molecule has 24 heteroatoms. The van der Waals surface area contributed by atoms with Gasteiger partial charge in [-0.1, -0.05) is 23.7 Å². The zero-order chi connectivity index (χ0) is 46.7. The third-order valence-electron chi connectivity index (χ3n) is 11.2. The molecule has 2 N–H and O–H groups in total. The summed E-state index contributed by atoms with van der Waals surface area (Å²) in [6.45, 7) is -1.04. The summed E-state index contributed by atoms with van der Waals surface area (Å²) in [6, 6.07) is 12.0. The fourth-order valence-corrected chi connectivity index (χ4v) is 9.91. The number of nitrogens with zero attached hydrogens (tertiary/aromatic N) is 7. The molecule has 65 heavy (non-hydrogen) atoms. The van der Waals surface area contributed by atoms with Crippen LogP contribution in [0.1, 0.15) is 53.1 Å². The molecule has 4 aromatic heterocycles. The summed E-state index contributed by atoms with van der Waals surface area (Å²) in [4.78, 5) is 38.5. The Morgan fingerprint density at radius 2 is 1.69 bits per heavy atom. The lowest BCUT2D eigenvalue weighted by Crippen LogP contribution is -2.38. The van der Waals surface area contributed by atoms with E-state index in [1.165, 1.54) is 54.2 Å². The second kappa shape index (κ2) is 15.4. The van der Waals surface area contributed by atoms with Gasteiger partial charge in [0.05, 0.1) is 49.9 Å². The zero-order valence-electron chi connectivity index (χ0n) is 33.8. The van der Waals surface area contributed by atoms with E-state index in [2.05, 4.69) is 25.2 Å². The third-order valence-corrected chi connectivity index (χ3v) is 13.2. The highest BCUT2D eigenvalue weighted by molar-refractivity contribution is 7.92. The van der Waals surface area contributed by atoms with Crippen molar-refractivity contribution in [2.45, 2.75) is 48.6 Å². The minimum atomic E-state index is -3.95. The third kappa shape index (κ3) is 7.87. The molecule has 1 saturated carbocycles. The Morgan fingerprint density at radius 3 is 2.37 bits per heavy atom. The molecule has 0 spiro atoms. The molecule has 0 bridgehead atoms. The molecule has 3 atom stereocenters. The van der Waals surface area contributed by atoms with Crippen molar-refractivity contribution in [1.29, 1.82) is 0 Å². The van der Waals surface area contributed by atoms with E-state index in [0.717, 1.165) is 29.2 Å². The molecule has 9 rings (SSSR count). The number of sulfonamides is 1. The monoisotopic (exact) mass is 959 g/mol. The summed E-state index contributed by atoms with van der Waals surface area (Å²) >= 11 is 6.62. The number of nitrogens with one attached hydrogen (secondary N) is 2. The van der Waals surface area contributed by atoms with E-state index in [9.17, 15) is 39.2 Å². The second-order valence-electron chi connectivity index (χ2n) is 15.9. The molecule has 3 aromatic carbocycles. The van der Waals surface area contributed by atoms with Gasteiger partial charge in [0, 0.05) is 42.8 Å². The van der Waals surface area contributed by atoms with Crippen LogP contribution in [0.4, 0.5) is 32.2 Å². The van der Waals surface area contributed by atoms with Gasteiger partial charge in [-0.2, -0.15) is 19.0 Å². The molecule has 0 saturated heterocycles. The molecule has 0 unspecified atom stereocenters. The standard InChI is InChI=1S/C41H32ClF6N9O6S2/c1-55-34-29(10-8-26(42)32(34)38(53-55)54-65(3,62)63)57-39(51-37-23(40(57)59)7-9-27(50-37)19-5-4-6-22(14-19)64(2,60)61)28(13-18-11-20(43)15-21(44)12-18)49-30(58)17-56-35-31(33(52-56)36(45)46)24-16-25(24)41(35,47)48/h4-12,14-15,24-25,28,36H,13,16-17H2,1-3H3,(H,49,58)(H,53,54)/t24-,25+,28-/m0/s1. The number of carbonyl (C=O) groups excluding carboxylic acids is 1. The number of aromatic nitrogens is 7. The van der Waals surface area contributed by atoms with Crippen LogP contribution in [-0.2, 0) is 50.6 Å². The fraction of sp³-hybridized carbons (Fsp3) is 0.268. The van der Waals surface area contributed by atoms with Gasteiger partial charge in [-0.3, -0.25) is 28.2 Å². The topological polar surface area (TPSA) is 193 Å². The van der Waals surface area contributed by atoms with Gasteiger partial charge in [0.15, 0.2) is 21.3 Å². The molecular weight excluding hydrogens is 928 g/mol. The van der Waals surface area contributed by atoms with Crippen molar-refractivity contribution >= 4 is 65.1 Å². The van der Waals surface area contributed by atoms with Crippen LogP contribution >= 0.6 is 11.6 Å². The Balaban J connectivity index is 1.27. The van der Waals surface area contributed by atoms with Crippen LogP contribution in [0.15, 0.2) is 76.4 Å². The number of halogens is 7. The lowest BCUT2D eigenvalue weighted by atomic mass is 10.0. The number of anilines is 1. The van der Waals surface area contributed by atoms with E-state index >= 15 is 13.6 Å². The summed E-state index contributed by atoms with van der Waals surface area (Å²) in [7, 11) is -6.22. The smallest absolute Gasteiger partial charge is 0.293 e. The van der Waals surface area contributed by atoms with Crippen molar-refractivity contribution in [3.8, 4) is 16.9 Å². The van der Waals surface area contributed by atoms with Gasteiger partial charge in [0.2, 0.25) is 15.9 Å². The van der Waals surface area contributed by atoms with Crippen molar-refractivity contribution in [3.05, 3.63) is 122 Å². The minimum Gasteiger partial charge on any atom is -0.344 e. The summed E-state index contributed by atoms with van der Waals surface area (Å²) in [5.74, 6) is -9.47. The number of sulfone groups is 1. The number of hydrogen-bond acceptors (Lipinski definition) is 10. The van der Waals surface area contributed by atoms with Crippen LogP contribution in [0.2, 0.25) is 5.02 Å². The van der Waals surface area contributed by atoms with Crippen LogP contribution in [0.25, 0.3) is 38.9 Å². The quantitative estimate of drug-likeness (QED) is 0.128. The van der Waals surface area contributed by atoms with Crippen LogP contribution in [-0.4, -0.2) is 69.4 Å². The Hall–Kier alpha value is -6.33. The summed E-state index contributed by atoms with van der Waals surface area (Å²) < 4.78 is 144.